The second kappa shape index (κ2) is 2.79. The van der Waals surface area contributed by atoms with Gasteiger partial charge < -0.3 is 4.74 Å². The van der Waals surface area contributed by atoms with Gasteiger partial charge in [0.15, 0.2) is 0 Å². The highest BCUT2D eigenvalue weighted by atomic mass is 32.1. The zero-order valence-electron chi connectivity index (χ0n) is 7.05. The number of fused-ring (bicyclic) bond motifs is 1. The third kappa shape index (κ3) is 1.08. The van der Waals surface area contributed by atoms with Gasteiger partial charge >= 0.3 is 0 Å². The van der Waals surface area contributed by atoms with Crippen LogP contribution in [0.2, 0.25) is 0 Å². The molecule has 2 aromatic rings. The maximum Gasteiger partial charge on any atom is 0.120 e. The highest BCUT2D eigenvalue weighted by Gasteiger charge is 2.00. The molecule has 1 nitrogen and oxygen atoms in total. The summed E-state index contributed by atoms with van der Waals surface area (Å²) in [4.78, 5) is 0. The number of rotatable bonds is 1. The summed E-state index contributed by atoms with van der Waals surface area (Å²) in [5.41, 5.74) is 1.22. The quantitative estimate of drug-likeness (QED) is 0.650. The highest BCUT2D eigenvalue weighted by Crippen LogP contribution is 2.28. The van der Waals surface area contributed by atoms with E-state index < -0.39 is 0 Å². The second-order valence-corrected chi connectivity index (χ2v) is 3.54. The largest absolute Gasteiger partial charge is 0.497 e. The average molecular weight is 177 g/mol. The molecule has 12 heavy (non-hydrogen) atoms. The monoisotopic (exact) mass is 177 g/mol. The van der Waals surface area contributed by atoms with E-state index >= 15 is 0 Å². The summed E-state index contributed by atoms with van der Waals surface area (Å²) in [7, 11) is 1.69. The molecule has 1 heterocycles. The van der Waals surface area contributed by atoms with Crippen LogP contribution in [0.4, 0.5) is 0 Å². The topological polar surface area (TPSA) is 9.23 Å². The van der Waals surface area contributed by atoms with Crippen molar-refractivity contribution in [3.05, 3.63) is 29.1 Å². The van der Waals surface area contributed by atoms with Crippen LogP contribution >= 0.6 is 11.3 Å². The molecule has 0 aliphatic heterocycles. The van der Waals surface area contributed by atoms with Gasteiger partial charge in [-0.15, -0.1) is 11.3 Å². The predicted molar refractivity (Wildman–Crippen MR) is 52.0 cm³/mol. The lowest BCUT2D eigenvalue weighted by atomic mass is 10.2. The molecule has 0 spiro atoms. The first kappa shape index (κ1) is 7.62. The Kier molecular flexibility index (Phi) is 1.77. The van der Waals surface area contributed by atoms with Crippen molar-refractivity contribution in [2.75, 3.05) is 7.11 Å². The minimum absolute atomic E-state index is 0.915. The van der Waals surface area contributed by atoms with Crippen molar-refractivity contribution in [3.8, 4) is 5.75 Å². The number of thiophene rings is 1. The molecular weight excluding hydrogens is 168 g/mol. The van der Waals surface area contributed by atoms with Crippen molar-refractivity contribution in [3.63, 3.8) is 0 Å². The van der Waals surface area contributed by atoms with Gasteiger partial charge in [-0.2, -0.15) is 0 Å². The van der Waals surface area contributed by atoms with Crippen LogP contribution in [0.15, 0.2) is 18.2 Å². The molecule has 0 fully saturated rings. The van der Waals surface area contributed by atoms with Crippen LogP contribution in [0, 0.1) is 12.3 Å². The summed E-state index contributed by atoms with van der Waals surface area (Å²) in [5, 5.41) is 4.49. The molecule has 0 unspecified atom stereocenters. The standard InChI is InChI=1S/C10H9OS/c1-7-6-12-10-5-8(11-2)3-4-9(7)10/h3-5H,1-2H3. The van der Waals surface area contributed by atoms with Gasteiger partial charge in [0.05, 0.1) is 7.11 Å². The smallest absolute Gasteiger partial charge is 0.120 e. The van der Waals surface area contributed by atoms with Gasteiger partial charge in [-0.25, -0.2) is 0 Å². The predicted octanol–water partition coefficient (Wildman–Crippen LogP) is 3.02. The number of aryl methyl sites for hydroxylation is 1. The van der Waals surface area contributed by atoms with Gasteiger partial charge in [0.1, 0.15) is 5.75 Å². The van der Waals surface area contributed by atoms with E-state index in [4.69, 9.17) is 4.74 Å². The van der Waals surface area contributed by atoms with E-state index in [1.54, 1.807) is 18.4 Å². The van der Waals surface area contributed by atoms with Crippen molar-refractivity contribution in [2.24, 2.45) is 0 Å². The average Bonchev–Trinajstić information content (AvgIpc) is 2.47. The molecular formula is C10H9OS. The van der Waals surface area contributed by atoms with Gasteiger partial charge in [-0.3, -0.25) is 0 Å². The van der Waals surface area contributed by atoms with Crippen molar-refractivity contribution in [1.82, 2.24) is 0 Å². The molecule has 0 saturated carbocycles. The van der Waals surface area contributed by atoms with Crippen molar-refractivity contribution >= 4 is 21.4 Å². The van der Waals surface area contributed by atoms with Crippen LogP contribution < -0.4 is 4.74 Å². The van der Waals surface area contributed by atoms with Crippen LogP contribution in [0.3, 0.4) is 0 Å². The van der Waals surface area contributed by atoms with Crippen molar-refractivity contribution < 1.29 is 4.74 Å². The number of methoxy groups -OCH3 is 1. The molecule has 1 radical (unpaired) electrons. The van der Waals surface area contributed by atoms with E-state index in [2.05, 4.69) is 18.4 Å². The summed E-state index contributed by atoms with van der Waals surface area (Å²) in [6.45, 7) is 2.07. The SMILES string of the molecule is COc1ccc2c(C)[c]sc2c1. The molecule has 0 bridgehead atoms. The van der Waals surface area contributed by atoms with Crippen LogP contribution in [-0.2, 0) is 0 Å². The van der Waals surface area contributed by atoms with E-state index in [1.165, 1.54) is 15.6 Å². The Balaban J connectivity index is 2.69. The first-order chi connectivity index (χ1) is 5.81. The lowest BCUT2D eigenvalue weighted by Gasteiger charge is -1.98. The third-order valence-corrected chi connectivity index (χ3v) is 2.87. The van der Waals surface area contributed by atoms with Gasteiger partial charge in [0.2, 0.25) is 0 Å². The fourth-order valence-corrected chi connectivity index (χ4v) is 2.09. The molecule has 0 atom stereocenters. The van der Waals surface area contributed by atoms with Gasteiger partial charge in [0, 0.05) is 10.1 Å². The van der Waals surface area contributed by atoms with E-state index in [9.17, 15) is 0 Å². The van der Waals surface area contributed by atoms with Gasteiger partial charge in [0.25, 0.3) is 0 Å². The Morgan fingerprint density at radius 3 is 3.00 bits per heavy atom. The Morgan fingerprint density at radius 2 is 2.25 bits per heavy atom. The maximum atomic E-state index is 5.12. The van der Waals surface area contributed by atoms with E-state index in [-0.39, 0.29) is 0 Å². The summed E-state index contributed by atoms with van der Waals surface area (Å²) in [6, 6.07) is 6.11. The molecule has 61 valence electrons. The van der Waals surface area contributed by atoms with Crippen LogP contribution in [0.5, 0.6) is 5.75 Å². The Labute approximate surface area is 75.6 Å². The van der Waals surface area contributed by atoms with E-state index in [0.29, 0.717) is 0 Å². The summed E-state index contributed by atoms with van der Waals surface area (Å²) in [6.07, 6.45) is 0. The third-order valence-electron chi connectivity index (χ3n) is 1.91. The number of hydrogen-bond acceptors (Lipinski definition) is 2. The minimum Gasteiger partial charge on any atom is -0.497 e. The lowest BCUT2D eigenvalue weighted by molar-refractivity contribution is 0.415. The Hall–Kier alpha value is -1.02. The number of ether oxygens (including phenoxy) is 1. The van der Waals surface area contributed by atoms with E-state index in [0.717, 1.165) is 5.75 Å². The molecule has 2 heteroatoms. The Bertz CT molecular complexity index is 403. The second-order valence-electron chi connectivity index (χ2n) is 2.69. The zero-order chi connectivity index (χ0) is 8.55. The fourth-order valence-electron chi connectivity index (χ4n) is 1.21. The summed E-state index contributed by atoms with van der Waals surface area (Å²) >= 11 is 1.64. The zero-order valence-corrected chi connectivity index (χ0v) is 7.87. The van der Waals surface area contributed by atoms with Crippen molar-refractivity contribution in [2.45, 2.75) is 6.92 Å². The molecule has 0 N–H and O–H groups in total. The van der Waals surface area contributed by atoms with Gasteiger partial charge in [-0.1, -0.05) is 0 Å². The fraction of sp³-hybridized carbons (Fsp3) is 0.200. The molecule has 0 aliphatic rings. The molecule has 1 aromatic heterocycles. The van der Waals surface area contributed by atoms with Crippen LogP contribution in [0.1, 0.15) is 5.56 Å². The number of benzene rings is 1. The summed E-state index contributed by atoms with van der Waals surface area (Å²) in [5.74, 6) is 0.915. The van der Waals surface area contributed by atoms with E-state index in [1.807, 2.05) is 12.1 Å². The molecule has 0 aliphatic carbocycles. The Morgan fingerprint density at radius 1 is 1.42 bits per heavy atom. The first-order valence-electron chi connectivity index (χ1n) is 3.76. The molecule has 0 amide bonds. The van der Waals surface area contributed by atoms with Gasteiger partial charge in [-0.05, 0) is 36.1 Å². The molecule has 0 saturated heterocycles. The lowest BCUT2D eigenvalue weighted by Crippen LogP contribution is -1.80. The first-order valence-corrected chi connectivity index (χ1v) is 4.58. The highest BCUT2D eigenvalue weighted by molar-refractivity contribution is 7.16. The summed E-state index contributed by atoms with van der Waals surface area (Å²) < 4.78 is 6.37. The molecule has 2 rings (SSSR count). The maximum absolute atomic E-state index is 5.12. The van der Waals surface area contributed by atoms with Crippen LogP contribution in [0.25, 0.3) is 10.1 Å². The molecule has 1 aromatic carbocycles. The number of hydrogen-bond donors (Lipinski definition) is 0. The van der Waals surface area contributed by atoms with Crippen molar-refractivity contribution in [1.29, 1.82) is 0 Å². The normalized spacial score (nSPS) is 10.5. The van der Waals surface area contributed by atoms with Crippen LogP contribution in [-0.4, -0.2) is 7.11 Å². The minimum atomic E-state index is 0.915.